The lowest BCUT2D eigenvalue weighted by Crippen LogP contribution is -2.51. The molecule has 0 spiro atoms. The minimum atomic E-state index is 0.617. The molecule has 7 heteroatoms. The molecule has 0 atom stereocenters. The Kier molecular flexibility index (Phi) is 4.94. The molecule has 0 aliphatic carbocycles. The lowest BCUT2D eigenvalue weighted by Gasteiger charge is -2.35. The number of aromatic nitrogens is 1. The van der Waals surface area contributed by atoms with Gasteiger partial charge in [0.25, 0.3) is 0 Å². The molecule has 2 heterocycles. The first-order valence-corrected chi connectivity index (χ1v) is 8.83. The lowest BCUT2D eigenvalue weighted by molar-refractivity contribution is 0.380. The van der Waals surface area contributed by atoms with Gasteiger partial charge < -0.3 is 15.5 Å². The van der Waals surface area contributed by atoms with E-state index in [1.807, 2.05) is 23.7 Å². The van der Waals surface area contributed by atoms with Crippen LogP contribution in [0.4, 0.5) is 5.13 Å². The van der Waals surface area contributed by atoms with Crippen molar-refractivity contribution in [3.05, 3.63) is 45.9 Å². The van der Waals surface area contributed by atoms with Crippen molar-refractivity contribution in [1.29, 1.82) is 0 Å². The van der Waals surface area contributed by atoms with E-state index in [1.54, 1.807) is 11.3 Å². The van der Waals surface area contributed by atoms with Gasteiger partial charge in [0.15, 0.2) is 11.1 Å². The highest BCUT2D eigenvalue weighted by Crippen LogP contribution is 2.18. The van der Waals surface area contributed by atoms with E-state index in [1.165, 1.54) is 0 Å². The molecule has 2 aromatic rings. The number of nitrogens with zero attached hydrogens (tertiary/aromatic N) is 4. The van der Waals surface area contributed by atoms with Gasteiger partial charge in [0.05, 0.1) is 6.54 Å². The second-order valence-corrected chi connectivity index (χ2v) is 6.88. The summed E-state index contributed by atoms with van der Waals surface area (Å²) in [7, 11) is 0. The zero-order valence-corrected chi connectivity index (χ0v) is 14.6. The van der Waals surface area contributed by atoms with Gasteiger partial charge in [-0.2, -0.15) is 0 Å². The van der Waals surface area contributed by atoms with Crippen molar-refractivity contribution in [2.45, 2.75) is 6.54 Å². The zero-order chi connectivity index (χ0) is 15.4. The van der Waals surface area contributed by atoms with Crippen molar-refractivity contribution in [1.82, 2.24) is 9.88 Å². The van der Waals surface area contributed by atoms with Crippen molar-refractivity contribution in [2.24, 2.45) is 10.7 Å². The van der Waals surface area contributed by atoms with Crippen LogP contribution >= 0.6 is 27.3 Å². The predicted molar refractivity (Wildman–Crippen MR) is 95.4 cm³/mol. The van der Waals surface area contributed by atoms with Crippen LogP contribution in [-0.4, -0.2) is 42.0 Å². The average Bonchev–Trinajstić information content (AvgIpc) is 3.09. The molecule has 1 aromatic heterocycles. The van der Waals surface area contributed by atoms with Crippen molar-refractivity contribution in [3.63, 3.8) is 0 Å². The number of anilines is 1. The quantitative estimate of drug-likeness (QED) is 0.657. The normalized spacial score (nSPS) is 16.1. The van der Waals surface area contributed by atoms with Crippen LogP contribution in [0.2, 0.25) is 0 Å². The number of hydrogen-bond acceptors (Lipinski definition) is 4. The summed E-state index contributed by atoms with van der Waals surface area (Å²) in [6, 6.07) is 8.16. The van der Waals surface area contributed by atoms with Crippen molar-refractivity contribution in [3.8, 4) is 0 Å². The Hall–Kier alpha value is -1.60. The minimum absolute atomic E-state index is 0.617. The maximum Gasteiger partial charge on any atom is 0.191 e. The van der Waals surface area contributed by atoms with Crippen LogP contribution in [0.3, 0.4) is 0 Å². The van der Waals surface area contributed by atoms with Crippen LogP contribution in [-0.2, 0) is 6.54 Å². The topological polar surface area (TPSA) is 57.8 Å². The van der Waals surface area contributed by atoms with Crippen LogP contribution < -0.4 is 10.6 Å². The number of thiazole rings is 1. The summed E-state index contributed by atoms with van der Waals surface area (Å²) in [6.45, 7) is 4.25. The smallest absolute Gasteiger partial charge is 0.191 e. The second-order valence-electron chi connectivity index (χ2n) is 5.09. The maximum atomic E-state index is 6.13. The summed E-state index contributed by atoms with van der Waals surface area (Å²) in [6.07, 6.45) is 1.85. The Morgan fingerprint density at radius 2 is 1.95 bits per heavy atom. The molecular formula is C15H18BrN5S. The van der Waals surface area contributed by atoms with E-state index >= 15 is 0 Å². The SMILES string of the molecule is NC(=NCc1ccc(Br)cc1)N1CCN(c2nccs2)CC1. The van der Waals surface area contributed by atoms with Gasteiger partial charge in [0.2, 0.25) is 0 Å². The maximum absolute atomic E-state index is 6.13. The Morgan fingerprint density at radius 1 is 1.23 bits per heavy atom. The van der Waals surface area contributed by atoms with E-state index in [9.17, 15) is 0 Å². The molecule has 1 fully saturated rings. The monoisotopic (exact) mass is 379 g/mol. The molecule has 5 nitrogen and oxygen atoms in total. The highest BCUT2D eigenvalue weighted by Gasteiger charge is 2.19. The van der Waals surface area contributed by atoms with Gasteiger partial charge in [-0.3, -0.25) is 0 Å². The number of aliphatic imine (C=N–C) groups is 1. The average molecular weight is 380 g/mol. The number of halogens is 1. The molecule has 1 saturated heterocycles. The number of piperazine rings is 1. The fourth-order valence-corrected chi connectivity index (χ4v) is 3.32. The summed E-state index contributed by atoms with van der Waals surface area (Å²) < 4.78 is 1.08. The molecule has 0 amide bonds. The Bertz CT molecular complexity index is 618. The molecule has 2 N–H and O–H groups in total. The minimum Gasteiger partial charge on any atom is -0.370 e. The van der Waals surface area contributed by atoms with E-state index < -0.39 is 0 Å². The van der Waals surface area contributed by atoms with Gasteiger partial charge in [-0.25, -0.2) is 9.98 Å². The van der Waals surface area contributed by atoms with Gasteiger partial charge in [0.1, 0.15) is 0 Å². The number of guanidine groups is 1. The van der Waals surface area contributed by atoms with Crippen molar-refractivity contribution < 1.29 is 0 Å². The third-order valence-electron chi connectivity index (χ3n) is 3.63. The standard InChI is InChI=1S/C15H18BrN5S/c16-13-3-1-12(2-4-13)11-19-14(17)20-6-8-21(9-7-20)15-18-5-10-22-15/h1-5,10H,6-9,11H2,(H2,17,19). The van der Waals surface area contributed by atoms with Gasteiger partial charge in [0, 0.05) is 42.2 Å². The van der Waals surface area contributed by atoms with Gasteiger partial charge in [-0.05, 0) is 17.7 Å². The molecule has 116 valence electrons. The third-order valence-corrected chi connectivity index (χ3v) is 4.99. The molecule has 0 radical (unpaired) electrons. The van der Waals surface area contributed by atoms with Crippen molar-refractivity contribution in [2.75, 3.05) is 31.1 Å². The second kappa shape index (κ2) is 7.11. The highest BCUT2D eigenvalue weighted by molar-refractivity contribution is 9.10. The number of hydrogen-bond donors (Lipinski definition) is 1. The van der Waals surface area contributed by atoms with E-state index in [-0.39, 0.29) is 0 Å². The van der Waals surface area contributed by atoms with Gasteiger partial charge in [-0.15, -0.1) is 11.3 Å². The Morgan fingerprint density at radius 3 is 2.59 bits per heavy atom. The van der Waals surface area contributed by atoms with Crippen molar-refractivity contribution >= 4 is 38.4 Å². The fraction of sp³-hybridized carbons (Fsp3) is 0.333. The summed E-state index contributed by atoms with van der Waals surface area (Å²) in [5, 5.41) is 3.10. The van der Waals surface area contributed by atoms with Crippen LogP contribution in [0.5, 0.6) is 0 Å². The largest absolute Gasteiger partial charge is 0.370 e. The van der Waals surface area contributed by atoms with E-state index in [2.05, 4.69) is 47.8 Å². The van der Waals surface area contributed by atoms with E-state index in [0.717, 1.165) is 41.3 Å². The molecule has 1 aliphatic heterocycles. The molecule has 1 aromatic carbocycles. The van der Waals surface area contributed by atoms with Crippen LogP contribution in [0.15, 0.2) is 45.3 Å². The van der Waals surface area contributed by atoms with Crippen LogP contribution in [0.25, 0.3) is 0 Å². The number of nitrogens with two attached hydrogens (primary N) is 1. The zero-order valence-electron chi connectivity index (χ0n) is 12.2. The molecule has 3 rings (SSSR count). The molecule has 22 heavy (non-hydrogen) atoms. The third kappa shape index (κ3) is 3.78. The first-order chi connectivity index (χ1) is 10.7. The first kappa shape index (κ1) is 15.3. The Labute approximate surface area is 142 Å². The Balaban J connectivity index is 1.54. The van der Waals surface area contributed by atoms with Gasteiger partial charge in [-0.1, -0.05) is 28.1 Å². The van der Waals surface area contributed by atoms with E-state index in [0.29, 0.717) is 12.5 Å². The number of benzene rings is 1. The van der Waals surface area contributed by atoms with Crippen LogP contribution in [0, 0.1) is 0 Å². The summed E-state index contributed by atoms with van der Waals surface area (Å²) in [5.74, 6) is 0.627. The molecule has 0 unspecified atom stereocenters. The first-order valence-electron chi connectivity index (χ1n) is 7.16. The summed E-state index contributed by atoms with van der Waals surface area (Å²) >= 11 is 5.11. The molecule has 0 bridgehead atoms. The molecular weight excluding hydrogens is 362 g/mol. The fourth-order valence-electron chi connectivity index (χ4n) is 2.36. The molecule has 1 aliphatic rings. The van der Waals surface area contributed by atoms with Crippen LogP contribution in [0.1, 0.15) is 5.56 Å². The molecule has 0 saturated carbocycles. The summed E-state index contributed by atoms with van der Waals surface area (Å²) in [4.78, 5) is 13.3. The predicted octanol–water partition coefficient (Wildman–Crippen LogP) is 2.54. The van der Waals surface area contributed by atoms with E-state index in [4.69, 9.17) is 5.73 Å². The lowest BCUT2D eigenvalue weighted by atomic mass is 10.2. The summed E-state index contributed by atoms with van der Waals surface area (Å²) in [5.41, 5.74) is 7.29. The highest BCUT2D eigenvalue weighted by atomic mass is 79.9. The number of rotatable bonds is 3. The van der Waals surface area contributed by atoms with Gasteiger partial charge >= 0.3 is 0 Å².